The predicted octanol–water partition coefficient (Wildman–Crippen LogP) is 2.85. The van der Waals surface area contributed by atoms with Crippen LogP contribution in [0.2, 0.25) is 0 Å². The average Bonchev–Trinajstić information content (AvgIpc) is 2.62. The molecule has 0 saturated carbocycles. The Kier molecular flexibility index (Phi) is 6.53. The third-order valence-corrected chi connectivity index (χ3v) is 3.34. The Morgan fingerprint density at radius 2 is 1.67 bits per heavy atom. The molecule has 1 N–H and O–H groups in total. The number of ether oxygens (including phenoxy) is 2. The summed E-state index contributed by atoms with van der Waals surface area (Å²) >= 11 is 0. The maximum atomic E-state index is 13.4. The highest BCUT2D eigenvalue weighted by molar-refractivity contribution is 6.05. The molecule has 0 saturated heterocycles. The van der Waals surface area contributed by atoms with E-state index in [1.807, 2.05) is 5.32 Å². The molecule has 9 heteroatoms. The summed E-state index contributed by atoms with van der Waals surface area (Å²) in [6.07, 6.45) is 0. The summed E-state index contributed by atoms with van der Waals surface area (Å²) in [6, 6.07) is 8.34. The predicted molar refractivity (Wildman–Crippen MR) is 87.0 cm³/mol. The van der Waals surface area contributed by atoms with Crippen molar-refractivity contribution < 1.29 is 37.0 Å². The van der Waals surface area contributed by atoms with Gasteiger partial charge in [-0.15, -0.1) is 0 Å². The van der Waals surface area contributed by atoms with Crippen molar-refractivity contribution in [1.82, 2.24) is 5.32 Å². The van der Waals surface area contributed by atoms with E-state index in [0.29, 0.717) is 5.56 Å². The average molecular weight is 381 g/mol. The van der Waals surface area contributed by atoms with Gasteiger partial charge in [0.25, 0.3) is 11.8 Å². The molecule has 0 unspecified atom stereocenters. The smallest absolute Gasteiger partial charge is 0.387 e. The highest BCUT2D eigenvalue weighted by atomic mass is 19.3. The molecule has 2 aromatic rings. The van der Waals surface area contributed by atoms with E-state index in [-0.39, 0.29) is 16.9 Å². The van der Waals surface area contributed by atoms with Gasteiger partial charge in [0.2, 0.25) is 0 Å². The Hall–Kier alpha value is -3.36. The largest absolute Gasteiger partial charge is 0.452 e. The summed E-state index contributed by atoms with van der Waals surface area (Å²) in [5, 5.41) is 1.97. The number of halogens is 3. The van der Waals surface area contributed by atoms with Crippen LogP contribution in [0, 0.1) is 12.7 Å². The zero-order valence-corrected chi connectivity index (χ0v) is 14.0. The molecule has 0 aliphatic rings. The second kappa shape index (κ2) is 8.84. The van der Waals surface area contributed by atoms with Gasteiger partial charge >= 0.3 is 12.6 Å². The highest BCUT2D eigenvalue weighted by Crippen LogP contribution is 2.15. The monoisotopic (exact) mass is 381 g/mol. The summed E-state index contributed by atoms with van der Waals surface area (Å²) in [5.74, 6) is -3.39. The van der Waals surface area contributed by atoms with E-state index < -0.39 is 36.8 Å². The van der Waals surface area contributed by atoms with Gasteiger partial charge in [-0.25, -0.2) is 9.18 Å². The lowest BCUT2D eigenvalue weighted by atomic mass is 10.1. The minimum absolute atomic E-state index is 0.0110. The number of aryl methyl sites for hydroxylation is 1. The van der Waals surface area contributed by atoms with E-state index in [1.54, 1.807) is 0 Å². The van der Waals surface area contributed by atoms with Crippen molar-refractivity contribution in [3.05, 3.63) is 65.0 Å². The van der Waals surface area contributed by atoms with Gasteiger partial charge in [-0.1, -0.05) is 6.07 Å². The van der Waals surface area contributed by atoms with Crippen molar-refractivity contribution in [2.24, 2.45) is 0 Å². The van der Waals surface area contributed by atoms with Crippen LogP contribution in [0.4, 0.5) is 13.2 Å². The van der Waals surface area contributed by atoms with E-state index in [9.17, 15) is 27.6 Å². The van der Waals surface area contributed by atoms with E-state index in [2.05, 4.69) is 4.74 Å². The quantitative estimate of drug-likeness (QED) is 0.779. The zero-order valence-electron chi connectivity index (χ0n) is 14.0. The van der Waals surface area contributed by atoms with Crippen molar-refractivity contribution >= 4 is 17.8 Å². The molecular weight excluding hydrogens is 367 g/mol. The SMILES string of the molecule is Cc1ccc(C(=O)OCC(=O)NC(=O)c2ccc(OC(F)F)cc2)cc1F. The number of rotatable bonds is 6. The Morgan fingerprint density at radius 3 is 2.26 bits per heavy atom. The molecule has 2 aromatic carbocycles. The summed E-state index contributed by atoms with van der Waals surface area (Å²) in [5.41, 5.74) is 0.281. The highest BCUT2D eigenvalue weighted by Gasteiger charge is 2.15. The first-order chi connectivity index (χ1) is 12.8. The maximum Gasteiger partial charge on any atom is 0.387 e. The summed E-state index contributed by atoms with van der Waals surface area (Å²) in [4.78, 5) is 35.3. The molecule has 6 nitrogen and oxygen atoms in total. The molecule has 0 bridgehead atoms. The Bertz CT molecular complexity index is 853. The van der Waals surface area contributed by atoms with Gasteiger partial charge < -0.3 is 9.47 Å². The first kappa shape index (κ1) is 20.0. The van der Waals surface area contributed by atoms with Gasteiger partial charge in [0.1, 0.15) is 11.6 Å². The van der Waals surface area contributed by atoms with Crippen molar-refractivity contribution in [2.75, 3.05) is 6.61 Å². The number of esters is 1. The van der Waals surface area contributed by atoms with Crippen molar-refractivity contribution in [1.29, 1.82) is 0 Å². The van der Waals surface area contributed by atoms with Crippen molar-refractivity contribution in [3.8, 4) is 5.75 Å². The normalized spacial score (nSPS) is 10.4. The van der Waals surface area contributed by atoms with Crippen LogP contribution in [0.15, 0.2) is 42.5 Å². The Labute approximate surface area is 151 Å². The molecule has 0 fully saturated rings. The zero-order chi connectivity index (χ0) is 20.0. The Morgan fingerprint density at radius 1 is 1.04 bits per heavy atom. The second-order valence-corrected chi connectivity index (χ2v) is 5.32. The van der Waals surface area contributed by atoms with E-state index in [1.165, 1.54) is 31.2 Å². The van der Waals surface area contributed by atoms with Gasteiger partial charge in [-0.3, -0.25) is 14.9 Å². The van der Waals surface area contributed by atoms with Crippen LogP contribution in [0.25, 0.3) is 0 Å². The molecule has 0 radical (unpaired) electrons. The number of hydrogen-bond acceptors (Lipinski definition) is 5. The third-order valence-electron chi connectivity index (χ3n) is 3.34. The van der Waals surface area contributed by atoms with Crippen LogP contribution < -0.4 is 10.1 Å². The van der Waals surface area contributed by atoms with Crippen LogP contribution >= 0.6 is 0 Å². The number of carbonyl (C=O) groups is 3. The number of benzene rings is 2. The van der Waals surface area contributed by atoms with Crippen LogP contribution in [0.5, 0.6) is 5.75 Å². The van der Waals surface area contributed by atoms with Crippen LogP contribution in [0.3, 0.4) is 0 Å². The minimum Gasteiger partial charge on any atom is -0.452 e. The van der Waals surface area contributed by atoms with Gasteiger partial charge in [0.05, 0.1) is 5.56 Å². The molecular formula is C18H14F3NO5. The molecule has 27 heavy (non-hydrogen) atoms. The number of amides is 2. The van der Waals surface area contributed by atoms with E-state index in [4.69, 9.17) is 4.74 Å². The summed E-state index contributed by atoms with van der Waals surface area (Å²) < 4.78 is 46.4. The molecule has 0 aromatic heterocycles. The minimum atomic E-state index is -3.00. The number of nitrogens with one attached hydrogen (secondary N) is 1. The van der Waals surface area contributed by atoms with E-state index in [0.717, 1.165) is 18.2 Å². The molecule has 2 rings (SSSR count). The lowest BCUT2D eigenvalue weighted by Gasteiger charge is -2.07. The third kappa shape index (κ3) is 5.84. The van der Waals surface area contributed by atoms with Crippen LogP contribution in [-0.4, -0.2) is 31.0 Å². The summed E-state index contributed by atoms with van der Waals surface area (Å²) in [7, 11) is 0. The molecule has 2 amide bonds. The fourth-order valence-electron chi connectivity index (χ4n) is 1.96. The molecule has 0 heterocycles. The number of carbonyl (C=O) groups excluding carboxylic acids is 3. The summed E-state index contributed by atoms with van der Waals surface area (Å²) in [6.45, 7) is -2.23. The number of imide groups is 1. The fraction of sp³-hybridized carbons (Fsp3) is 0.167. The van der Waals surface area contributed by atoms with Gasteiger partial charge in [0, 0.05) is 5.56 Å². The van der Waals surface area contributed by atoms with Gasteiger partial charge in [0.15, 0.2) is 6.61 Å². The van der Waals surface area contributed by atoms with Crippen LogP contribution in [-0.2, 0) is 9.53 Å². The molecule has 142 valence electrons. The van der Waals surface area contributed by atoms with Crippen molar-refractivity contribution in [3.63, 3.8) is 0 Å². The van der Waals surface area contributed by atoms with E-state index >= 15 is 0 Å². The molecule has 0 aliphatic heterocycles. The standard InChI is InChI=1S/C18H14F3NO5/c1-10-2-3-12(8-14(10)19)17(25)26-9-15(23)22-16(24)11-4-6-13(7-5-11)27-18(20)21/h2-8,18H,9H2,1H3,(H,22,23,24). The lowest BCUT2D eigenvalue weighted by Crippen LogP contribution is -2.34. The van der Waals surface area contributed by atoms with Gasteiger partial charge in [-0.05, 0) is 48.9 Å². The van der Waals surface area contributed by atoms with Gasteiger partial charge in [-0.2, -0.15) is 8.78 Å². The maximum absolute atomic E-state index is 13.4. The first-order valence-electron chi connectivity index (χ1n) is 7.58. The number of alkyl halides is 2. The second-order valence-electron chi connectivity index (χ2n) is 5.32. The molecule has 0 atom stereocenters. The van der Waals surface area contributed by atoms with Crippen molar-refractivity contribution in [2.45, 2.75) is 13.5 Å². The Balaban J connectivity index is 1.86. The number of hydrogen-bond donors (Lipinski definition) is 1. The molecule has 0 aliphatic carbocycles. The first-order valence-corrected chi connectivity index (χ1v) is 7.58. The lowest BCUT2D eigenvalue weighted by molar-refractivity contribution is -0.123. The molecule has 0 spiro atoms. The fourth-order valence-corrected chi connectivity index (χ4v) is 1.96. The van der Waals surface area contributed by atoms with Crippen LogP contribution in [0.1, 0.15) is 26.3 Å². The topological polar surface area (TPSA) is 81.7 Å².